The molecule has 0 aromatic carbocycles. The van der Waals surface area contributed by atoms with Crippen LogP contribution in [0.3, 0.4) is 0 Å². The monoisotopic (exact) mass is 372 g/mol. The van der Waals surface area contributed by atoms with Gasteiger partial charge in [0.05, 0.1) is 31.1 Å². The first-order valence-corrected chi connectivity index (χ1v) is 10.1. The number of likely N-dealkylation sites (N-methyl/N-ethyl adjacent to an activating group) is 1. The van der Waals surface area contributed by atoms with Gasteiger partial charge in [0.15, 0.2) is 0 Å². The highest BCUT2D eigenvalue weighted by Gasteiger charge is 2.39. The van der Waals surface area contributed by atoms with Crippen molar-refractivity contribution in [1.82, 2.24) is 0 Å². The lowest BCUT2D eigenvalue weighted by Crippen LogP contribution is -2.46. The lowest BCUT2D eigenvalue weighted by Gasteiger charge is -2.32. The van der Waals surface area contributed by atoms with Crippen LogP contribution in [-0.2, 0) is 9.53 Å². The third kappa shape index (κ3) is 7.48. The molecule has 2 aliphatic carbocycles. The minimum absolute atomic E-state index is 0.123. The minimum Gasteiger partial charge on any atom is -0.459 e. The lowest BCUT2D eigenvalue weighted by molar-refractivity contribution is -0.906. The molecule has 0 aliphatic heterocycles. The molecule has 2 aliphatic rings. The number of hydrogen-bond acceptors (Lipinski definition) is 5. The van der Waals surface area contributed by atoms with Crippen LogP contribution < -0.4 is 0 Å². The molecule has 2 rings (SSSR count). The van der Waals surface area contributed by atoms with Crippen LogP contribution in [-0.4, -0.2) is 48.8 Å². The Morgan fingerprint density at radius 1 is 1.04 bits per heavy atom. The Labute approximate surface area is 157 Å². The first kappa shape index (κ1) is 22.7. The third-order valence-corrected chi connectivity index (χ3v) is 6.49. The largest absolute Gasteiger partial charge is 0.459 e. The molecule has 0 aromatic heterocycles. The fraction of sp³-hybridized carbons (Fsp3) is 0.947. The van der Waals surface area contributed by atoms with Gasteiger partial charge in [-0.15, -0.1) is 0 Å². The van der Waals surface area contributed by atoms with E-state index in [1.54, 1.807) is 0 Å². The van der Waals surface area contributed by atoms with Gasteiger partial charge in [0.25, 0.3) is 0 Å². The molecule has 2 fully saturated rings. The van der Waals surface area contributed by atoms with Crippen molar-refractivity contribution in [2.75, 3.05) is 33.3 Å². The number of ether oxygens (including phenoxy) is 1. The summed E-state index contributed by atoms with van der Waals surface area (Å²) >= 11 is 0. The molecule has 0 N–H and O–H groups in total. The summed E-state index contributed by atoms with van der Waals surface area (Å²) in [7, 11) is 2.25. The number of hydrogen-bond donors (Lipinski definition) is 0. The van der Waals surface area contributed by atoms with Gasteiger partial charge in [0.2, 0.25) is 0 Å². The highest BCUT2D eigenvalue weighted by Crippen LogP contribution is 2.42. The molecule has 0 unspecified atom stereocenters. The summed E-state index contributed by atoms with van der Waals surface area (Å²) in [5.74, 6) is 1.53. The van der Waals surface area contributed by atoms with Crippen molar-refractivity contribution in [3.63, 3.8) is 0 Å². The molecule has 7 heteroatoms. The van der Waals surface area contributed by atoms with Crippen LogP contribution in [0.1, 0.15) is 65.2 Å². The van der Waals surface area contributed by atoms with E-state index in [1.165, 1.54) is 51.4 Å². The smallest absolute Gasteiger partial charge is 0.309 e. The fourth-order valence-electron chi connectivity index (χ4n) is 4.41. The summed E-state index contributed by atoms with van der Waals surface area (Å²) in [6.45, 7) is 8.16. The quantitative estimate of drug-likeness (QED) is 0.280. The molecule has 0 saturated heterocycles. The summed E-state index contributed by atoms with van der Waals surface area (Å²) < 4.78 is 6.76. The van der Waals surface area contributed by atoms with Crippen molar-refractivity contribution in [3.05, 3.63) is 15.3 Å². The average Bonchev–Trinajstić information content (AvgIpc) is 3.29. The maximum Gasteiger partial charge on any atom is 0.309 e. The molecule has 0 spiro atoms. The Balaban J connectivity index is 0.000000765. The van der Waals surface area contributed by atoms with Gasteiger partial charge < -0.3 is 24.5 Å². The highest BCUT2D eigenvalue weighted by atomic mass is 16.9. The van der Waals surface area contributed by atoms with E-state index in [1.807, 2.05) is 0 Å². The minimum atomic E-state index is -1.75. The third-order valence-electron chi connectivity index (χ3n) is 6.49. The van der Waals surface area contributed by atoms with Crippen molar-refractivity contribution in [2.45, 2.75) is 65.2 Å². The van der Waals surface area contributed by atoms with Crippen molar-refractivity contribution in [3.8, 4) is 0 Å². The standard InChI is InChI=1S/C19H36NO2.NO3/c1-4-20(3,5-2)14-15-22-19(21)18(16-10-6-7-11-16)17-12-8-9-13-17;2-1(3)4/h16-18H,4-15H2,1-3H3;/q+1;-1. The summed E-state index contributed by atoms with van der Waals surface area (Å²) in [6, 6.07) is 0. The molecule has 0 radical (unpaired) electrons. The molecule has 0 atom stereocenters. The Morgan fingerprint density at radius 2 is 1.42 bits per heavy atom. The number of carbonyl (C=O) groups excluding carboxylic acids is 1. The van der Waals surface area contributed by atoms with Crippen LogP contribution in [0, 0.1) is 33.1 Å². The zero-order valence-corrected chi connectivity index (χ0v) is 16.7. The van der Waals surface area contributed by atoms with Gasteiger partial charge >= 0.3 is 5.97 Å². The first-order valence-electron chi connectivity index (χ1n) is 10.1. The van der Waals surface area contributed by atoms with Gasteiger partial charge in [0, 0.05) is 0 Å². The number of nitrogens with zero attached hydrogens (tertiary/aromatic N) is 2. The van der Waals surface area contributed by atoms with Crippen LogP contribution in [0.4, 0.5) is 0 Å². The van der Waals surface area contributed by atoms with Crippen LogP contribution in [0.25, 0.3) is 0 Å². The van der Waals surface area contributed by atoms with Gasteiger partial charge in [0.1, 0.15) is 13.2 Å². The van der Waals surface area contributed by atoms with E-state index in [-0.39, 0.29) is 11.9 Å². The normalized spacial score (nSPS) is 18.6. The van der Waals surface area contributed by atoms with Crippen LogP contribution in [0.2, 0.25) is 0 Å². The Bertz CT molecular complexity index is 408. The summed E-state index contributed by atoms with van der Waals surface area (Å²) in [4.78, 5) is 21.0. The molecule has 0 aromatic rings. The molecule has 152 valence electrons. The van der Waals surface area contributed by atoms with Gasteiger partial charge in [-0.25, -0.2) is 0 Å². The van der Waals surface area contributed by atoms with E-state index in [9.17, 15) is 4.79 Å². The molecule has 26 heavy (non-hydrogen) atoms. The molecular weight excluding hydrogens is 336 g/mol. The Kier molecular flexibility index (Phi) is 9.91. The maximum atomic E-state index is 12.8. The zero-order chi connectivity index (χ0) is 19.6. The average molecular weight is 373 g/mol. The number of carbonyl (C=O) groups is 1. The molecule has 0 heterocycles. The van der Waals surface area contributed by atoms with Crippen LogP contribution >= 0.6 is 0 Å². The SMILES string of the molecule is CC[N+](C)(CC)CCOC(=O)C(C1CCCC1)C1CCCC1.O=[N+]([O-])[O-]. The molecule has 0 bridgehead atoms. The lowest BCUT2D eigenvalue weighted by atomic mass is 9.79. The van der Waals surface area contributed by atoms with E-state index in [4.69, 9.17) is 20.1 Å². The number of esters is 1. The van der Waals surface area contributed by atoms with E-state index in [0.717, 1.165) is 24.1 Å². The van der Waals surface area contributed by atoms with Crippen LogP contribution in [0.15, 0.2) is 0 Å². The predicted octanol–water partition coefficient (Wildman–Crippen LogP) is 3.77. The van der Waals surface area contributed by atoms with Gasteiger partial charge in [-0.2, -0.15) is 0 Å². The summed E-state index contributed by atoms with van der Waals surface area (Å²) in [5.41, 5.74) is 0. The molecule has 0 amide bonds. The predicted molar refractivity (Wildman–Crippen MR) is 101 cm³/mol. The maximum absolute atomic E-state index is 12.8. The fourth-order valence-corrected chi connectivity index (χ4v) is 4.41. The van der Waals surface area contributed by atoms with Crippen LogP contribution in [0.5, 0.6) is 0 Å². The van der Waals surface area contributed by atoms with E-state index >= 15 is 0 Å². The zero-order valence-electron chi connectivity index (χ0n) is 16.7. The summed E-state index contributed by atoms with van der Waals surface area (Å²) in [6.07, 6.45) is 10.2. The Hall–Kier alpha value is -1.37. The van der Waals surface area contributed by atoms with E-state index in [2.05, 4.69) is 20.9 Å². The second-order valence-corrected chi connectivity index (χ2v) is 7.98. The molecule has 7 nitrogen and oxygen atoms in total. The van der Waals surface area contributed by atoms with E-state index in [0.29, 0.717) is 18.4 Å². The second-order valence-electron chi connectivity index (χ2n) is 7.98. The second kappa shape index (κ2) is 11.4. The summed E-state index contributed by atoms with van der Waals surface area (Å²) in [5, 5.41) is 14.8. The topological polar surface area (TPSA) is 92.5 Å². The van der Waals surface area contributed by atoms with Gasteiger partial charge in [-0.05, 0) is 51.4 Å². The molecule has 2 saturated carbocycles. The first-order chi connectivity index (χ1) is 12.3. The van der Waals surface area contributed by atoms with Gasteiger partial charge in [-0.1, -0.05) is 25.7 Å². The number of quaternary nitrogens is 1. The van der Waals surface area contributed by atoms with E-state index < -0.39 is 5.09 Å². The van der Waals surface area contributed by atoms with Crippen molar-refractivity contribution in [1.29, 1.82) is 0 Å². The Morgan fingerprint density at radius 3 is 1.77 bits per heavy atom. The highest BCUT2D eigenvalue weighted by molar-refractivity contribution is 5.73. The van der Waals surface area contributed by atoms with Crippen molar-refractivity contribution in [2.24, 2.45) is 17.8 Å². The van der Waals surface area contributed by atoms with Crippen molar-refractivity contribution >= 4 is 5.97 Å². The molecular formula is C19H36N2O5. The number of rotatable bonds is 8. The van der Waals surface area contributed by atoms with Crippen molar-refractivity contribution < 1.29 is 19.1 Å². The van der Waals surface area contributed by atoms with Gasteiger partial charge in [-0.3, -0.25) is 4.79 Å².